The Hall–Kier alpha value is -3.85. The van der Waals surface area contributed by atoms with Gasteiger partial charge in [-0.25, -0.2) is 4.98 Å². The van der Waals surface area contributed by atoms with E-state index < -0.39 is 0 Å². The highest BCUT2D eigenvalue weighted by Gasteiger charge is 2.17. The number of hydrogen-bond acceptors (Lipinski definition) is 3. The number of hydrogen-bond donors (Lipinski definition) is 0. The molecule has 3 heteroatoms. The second-order valence-electron chi connectivity index (χ2n) is 7.22. The number of ether oxygens (including phenoxy) is 1. The van der Waals surface area contributed by atoms with Crippen LogP contribution in [0.25, 0.3) is 33.4 Å². The van der Waals surface area contributed by atoms with Crippen molar-refractivity contribution in [1.29, 1.82) is 0 Å². The van der Waals surface area contributed by atoms with E-state index in [9.17, 15) is 0 Å². The van der Waals surface area contributed by atoms with E-state index in [1.807, 2.05) is 24.3 Å². The Labute approximate surface area is 175 Å². The Bertz CT molecular complexity index is 1270. The third kappa shape index (κ3) is 3.46. The molecule has 5 rings (SSSR count). The third-order valence-electron chi connectivity index (χ3n) is 5.34. The van der Waals surface area contributed by atoms with Crippen molar-refractivity contribution in [1.82, 2.24) is 4.98 Å². The number of aromatic nitrogens is 1. The molecule has 0 unspecified atom stereocenters. The lowest BCUT2D eigenvalue weighted by Gasteiger charge is -2.07. The Balaban J connectivity index is 1.55. The SMILES string of the molecule is COc1ccc(-c2ccc(-c3c(Cc4ccccc4)oc4ncccc34)cc2)cc1. The van der Waals surface area contributed by atoms with Gasteiger partial charge >= 0.3 is 0 Å². The summed E-state index contributed by atoms with van der Waals surface area (Å²) in [6.45, 7) is 0. The zero-order valence-corrected chi connectivity index (χ0v) is 16.7. The summed E-state index contributed by atoms with van der Waals surface area (Å²) < 4.78 is 11.4. The quantitative estimate of drug-likeness (QED) is 0.332. The molecule has 5 aromatic rings. The van der Waals surface area contributed by atoms with E-state index in [0.29, 0.717) is 5.71 Å². The molecule has 3 aromatic carbocycles. The van der Waals surface area contributed by atoms with Crippen molar-refractivity contribution in [3.63, 3.8) is 0 Å². The van der Waals surface area contributed by atoms with E-state index in [1.54, 1.807) is 13.3 Å². The fraction of sp³-hybridized carbons (Fsp3) is 0.0741. The molecule has 0 bridgehead atoms. The predicted octanol–water partition coefficient (Wildman–Crippen LogP) is 6.76. The van der Waals surface area contributed by atoms with Crippen LogP contribution in [0.15, 0.2) is 102 Å². The van der Waals surface area contributed by atoms with Gasteiger partial charge in [0.05, 0.1) is 7.11 Å². The molecule has 0 spiro atoms. The number of fused-ring (bicyclic) bond motifs is 1. The van der Waals surface area contributed by atoms with Crippen LogP contribution in [0.1, 0.15) is 11.3 Å². The zero-order valence-electron chi connectivity index (χ0n) is 16.7. The second-order valence-corrected chi connectivity index (χ2v) is 7.22. The van der Waals surface area contributed by atoms with Crippen LogP contribution in [0.4, 0.5) is 0 Å². The molecule has 2 heterocycles. The van der Waals surface area contributed by atoms with Crippen LogP contribution in [-0.4, -0.2) is 12.1 Å². The molecule has 0 N–H and O–H groups in total. The summed E-state index contributed by atoms with van der Waals surface area (Å²) >= 11 is 0. The minimum Gasteiger partial charge on any atom is -0.497 e. The van der Waals surface area contributed by atoms with Crippen molar-refractivity contribution >= 4 is 11.1 Å². The lowest BCUT2D eigenvalue weighted by atomic mass is 9.97. The van der Waals surface area contributed by atoms with Crippen LogP contribution in [0, 0.1) is 0 Å². The highest BCUT2D eigenvalue weighted by atomic mass is 16.5. The molecule has 0 aliphatic rings. The maximum Gasteiger partial charge on any atom is 0.226 e. The van der Waals surface area contributed by atoms with Gasteiger partial charge in [0, 0.05) is 23.6 Å². The van der Waals surface area contributed by atoms with Gasteiger partial charge in [-0.1, -0.05) is 66.7 Å². The summed E-state index contributed by atoms with van der Waals surface area (Å²) in [6, 6.07) is 31.2. The topological polar surface area (TPSA) is 35.3 Å². The minimum atomic E-state index is 0.678. The largest absolute Gasteiger partial charge is 0.497 e. The summed E-state index contributed by atoms with van der Waals surface area (Å²) in [5, 5.41) is 1.04. The van der Waals surface area contributed by atoms with Crippen molar-refractivity contribution in [2.24, 2.45) is 0 Å². The molecule has 146 valence electrons. The minimum absolute atomic E-state index is 0.678. The molecular weight excluding hydrogens is 370 g/mol. The van der Waals surface area contributed by atoms with Crippen LogP contribution >= 0.6 is 0 Å². The Morgan fingerprint density at radius 3 is 2.10 bits per heavy atom. The molecule has 30 heavy (non-hydrogen) atoms. The van der Waals surface area contributed by atoms with Gasteiger partial charge in [0.25, 0.3) is 0 Å². The van der Waals surface area contributed by atoms with Crippen LogP contribution in [0.3, 0.4) is 0 Å². The van der Waals surface area contributed by atoms with Crippen LogP contribution in [0.2, 0.25) is 0 Å². The molecule has 0 amide bonds. The van der Waals surface area contributed by atoms with Crippen LogP contribution in [0.5, 0.6) is 5.75 Å². The highest BCUT2D eigenvalue weighted by Crippen LogP contribution is 2.36. The fourth-order valence-corrected chi connectivity index (χ4v) is 3.82. The predicted molar refractivity (Wildman–Crippen MR) is 121 cm³/mol. The van der Waals surface area contributed by atoms with Crippen molar-refractivity contribution in [2.45, 2.75) is 6.42 Å². The first-order valence-electron chi connectivity index (χ1n) is 9.97. The molecule has 2 aromatic heterocycles. The molecule has 0 aliphatic heterocycles. The molecule has 0 aliphatic carbocycles. The van der Waals surface area contributed by atoms with Gasteiger partial charge in [0.1, 0.15) is 11.5 Å². The van der Waals surface area contributed by atoms with E-state index >= 15 is 0 Å². The number of benzene rings is 3. The fourth-order valence-electron chi connectivity index (χ4n) is 3.82. The van der Waals surface area contributed by atoms with Crippen molar-refractivity contribution in [3.05, 3.63) is 109 Å². The summed E-state index contributed by atoms with van der Waals surface area (Å²) in [5.74, 6) is 1.80. The number of furan rings is 1. The number of nitrogens with zero attached hydrogens (tertiary/aromatic N) is 1. The number of rotatable bonds is 5. The zero-order chi connectivity index (χ0) is 20.3. The Morgan fingerprint density at radius 2 is 1.40 bits per heavy atom. The Kier molecular flexibility index (Phi) is 4.78. The van der Waals surface area contributed by atoms with Gasteiger partial charge < -0.3 is 9.15 Å². The first-order chi connectivity index (χ1) is 14.8. The molecule has 0 saturated heterocycles. The molecule has 0 atom stereocenters. The first kappa shape index (κ1) is 18.2. The summed E-state index contributed by atoms with van der Waals surface area (Å²) in [7, 11) is 1.68. The maximum absolute atomic E-state index is 6.17. The number of methoxy groups -OCH3 is 1. The highest BCUT2D eigenvalue weighted by molar-refractivity contribution is 5.94. The lowest BCUT2D eigenvalue weighted by Crippen LogP contribution is -1.89. The summed E-state index contributed by atoms with van der Waals surface area (Å²) in [6.07, 6.45) is 2.50. The standard InChI is InChI=1S/C27H21NO2/c1-29-23-15-13-21(14-16-23)20-9-11-22(12-10-20)26-24-8-5-17-28-27(24)30-25(26)18-19-6-3-2-4-7-19/h2-17H,18H2,1H3. The smallest absolute Gasteiger partial charge is 0.226 e. The van der Waals surface area contributed by atoms with E-state index in [0.717, 1.165) is 45.6 Å². The molecule has 0 saturated carbocycles. The average Bonchev–Trinajstić information content (AvgIpc) is 3.17. The van der Waals surface area contributed by atoms with E-state index in [4.69, 9.17) is 9.15 Å². The van der Waals surface area contributed by atoms with Crippen LogP contribution in [-0.2, 0) is 6.42 Å². The van der Waals surface area contributed by atoms with Gasteiger partial charge in [-0.05, 0) is 46.5 Å². The van der Waals surface area contributed by atoms with E-state index in [2.05, 4.69) is 71.7 Å². The van der Waals surface area contributed by atoms with Crippen LogP contribution < -0.4 is 4.74 Å². The number of pyridine rings is 1. The van der Waals surface area contributed by atoms with Crippen molar-refractivity contribution in [3.8, 4) is 28.0 Å². The summed E-state index contributed by atoms with van der Waals surface area (Å²) in [4.78, 5) is 4.43. The normalized spacial score (nSPS) is 11.0. The maximum atomic E-state index is 6.17. The molecule has 3 nitrogen and oxygen atoms in total. The Morgan fingerprint density at radius 1 is 0.733 bits per heavy atom. The molecule has 0 radical (unpaired) electrons. The van der Waals surface area contributed by atoms with Gasteiger partial charge in [-0.15, -0.1) is 0 Å². The van der Waals surface area contributed by atoms with Gasteiger partial charge in [0.2, 0.25) is 5.71 Å². The van der Waals surface area contributed by atoms with Gasteiger partial charge in [-0.2, -0.15) is 0 Å². The monoisotopic (exact) mass is 391 g/mol. The average molecular weight is 391 g/mol. The van der Waals surface area contributed by atoms with Gasteiger partial charge in [-0.3, -0.25) is 0 Å². The molecule has 0 fully saturated rings. The molecular formula is C27H21NO2. The summed E-state index contributed by atoms with van der Waals surface area (Å²) in [5.41, 5.74) is 6.46. The van der Waals surface area contributed by atoms with Crippen molar-refractivity contribution < 1.29 is 9.15 Å². The van der Waals surface area contributed by atoms with Gasteiger partial charge in [0.15, 0.2) is 0 Å². The van der Waals surface area contributed by atoms with Crippen molar-refractivity contribution in [2.75, 3.05) is 7.11 Å². The first-order valence-corrected chi connectivity index (χ1v) is 9.97. The third-order valence-corrected chi connectivity index (χ3v) is 5.34. The second kappa shape index (κ2) is 7.88. The lowest BCUT2D eigenvalue weighted by molar-refractivity contribution is 0.415. The van der Waals surface area contributed by atoms with E-state index in [-0.39, 0.29) is 0 Å². The van der Waals surface area contributed by atoms with E-state index in [1.165, 1.54) is 5.56 Å².